The van der Waals surface area contributed by atoms with Crippen LogP contribution in [0, 0.1) is 5.92 Å². The molecule has 6 nitrogen and oxygen atoms in total. The highest BCUT2D eigenvalue weighted by molar-refractivity contribution is 7.13. The Balaban J connectivity index is 1.59. The first-order valence-electron chi connectivity index (χ1n) is 7.23. The molecule has 116 valence electrons. The van der Waals surface area contributed by atoms with Gasteiger partial charge in [-0.2, -0.15) is 0 Å². The second-order valence-corrected chi connectivity index (χ2v) is 6.14. The van der Waals surface area contributed by atoms with Crippen molar-refractivity contribution in [1.29, 1.82) is 0 Å². The van der Waals surface area contributed by atoms with Crippen LogP contribution in [0.25, 0.3) is 0 Å². The van der Waals surface area contributed by atoms with Crippen LogP contribution in [0.15, 0.2) is 11.6 Å². The van der Waals surface area contributed by atoms with Gasteiger partial charge in [0.25, 0.3) is 5.91 Å². The van der Waals surface area contributed by atoms with Gasteiger partial charge in [-0.3, -0.25) is 9.59 Å². The number of anilines is 1. The van der Waals surface area contributed by atoms with Crippen LogP contribution in [0.2, 0.25) is 0 Å². The lowest BCUT2D eigenvalue weighted by molar-refractivity contribution is -0.147. The van der Waals surface area contributed by atoms with E-state index in [1.807, 2.05) is 11.6 Å². The van der Waals surface area contributed by atoms with Crippen LogP contribution in [-0.4, -0.2) is 36.6 Å². The molecule has 0 aromatic carbocycles. The number of ether oxygens (including phenoxy) is 1. The maximum absolute atomic E-state index is 11.4. The van der Waals surface area contributed by atoms with Crippen LogP contribution in [0.4, 0.5) is 5.13 Å². The maximum Gasteiger partial charge on any atom is 0.306 e. The topological polar surface area (TPSA) is 85.5 Å². The molecule has 1 amide bonds. The van der Waals surface area contributed by atoms with Gasteiger partial charge in [-0.15, -0.1) is 11.3 Å². The predicted octanol–water partition coefficient (Wildman–Crippen LogP) is 1.56. The molecule has 1 aliphatic rings. The van der Waals surface area contributed by atoms with Crippen molar-refractivity contribution in [2.75, 3.05) is 24.6 Å². The zero-order chi connectivity index (χ0) is 15.1. The number of nitrogens with two attached hydrogens (primary N) is 1. The minimum absolute atomic E-state index is 0.314. The van der Waals surface area contributed by atoms with E-state index in [2.05, 4.69) is 9.88 Å². The number of nitrogens with zero attached hydrogens (tertiary/aromatic N) is 2. The molecule has 0 spiro atoms. The quantitative estimate of drug-likeness (QED) is 0.772. The third kappa shape index (κ3) is 5.34. The number of carbonyl (C=O) groups is 2. The smallest absolute Gasteiger partial charge is 0.306 e. The number of aromatic nitrogens is 1. The van der Waals surface area contributed by atoms with Gasteiger partial charge >= 0.3 is 5.97 Å². The van der Waals surface area contributed by atoms with Crippen molar-refractivity contribution in [3.8, 4) is 0 Å². The molecule has 21 heavy (non-hydrogen) atoms. The van der Waals surface area contributed by atoms with Crippen LogP contribution in [0.5, 0.6) is 0 Å². The summed E-state index contributed by atoms with van der Waals surface area (Å²) in [4.78, 5) is 28.5. The van der Waals surface area contributed by atoms with Crippen LogP contribution in [-0.2, 0) is 14.3 Å². The van der Waals surface area contributed by atoms with E-state index >= 15 is 0 Å². The number of esters is 1. The molecule has 0 aliphatic carbocycles. The van der Waals surface area contributed by atoms with Gasteiger partial charge in [0.05, 0.1) is 0 Å². The standard InChI is InChI=1S/C14H21N3O3S/c15-12(18)10-20-13(19)3-1-2-11-4-7-17(8-5-11)14-16-6-9-21-14/h6,9,11H,1-5,7-8,10H2,(H2,15,18). The third-order valence-electron chi connectivity index (χ3n) is 3.67. The van der Waals surface area contributed by atoms with Gasteiger partial charge in [-0.25, -0.2) is 4.98 Å². The van der Waals surface area contributed by atoms with Gasteiger partial charge in [0.2, 0.25) is 0 Å². The van der Waals surface area contributed by atoms with E-state index < -0.39 is 5.91 Å². The first-order valence-corrected chi connectivity index (χ1v) is 8.11. The van der Waals surface area contributed by atoms with Crippen LogP contribution in [0.1, 0.15) is 32.1 Å². The Bertz CT molecular complexity index is 456. The largest absolute Gasteiger partial charge is 0.456 e. The zero-order valence-corrected chi connectivity index (χ0v) is 12.8. The molecule has 0 unspecified atom stereocenters. The van der Waals surface area contributed by atoms with E-state index in [4.69, 9.17) is 10.5 Å². The lowest BCUT2D eigenvalue weighted by atomic mass is 9.92. The maximum atomic E-state index is 11.4. The van der Waals surface area contributed by atoms with E-state index in [1.165, 1.54) is 0 Å². The highest BCUT2D eigenvalue weighted by Crippen LogP contribution is 2.27. The summed E-state index contributed by atoms with van der Waals surface area (Å²) in [7, 11) is 0. The molecule has 1 aliphatic heterocycles. The average molecular weight is 311 g/mol. The number of hydrogen-bond acceptors (Lipinski definition) is 6. The number of primary amides is 1. The summed E-state index contributed by atoms with van der Waals surface area (Å²) >= 11 is 1.68. The Morgan fingerprint density at radius 2 is 2.19 bits per heavy atom. The van der Waals surface area contributed by atoms with Crippen molar-refractivity contribution in [1.82, 2.24) is 4.98 Å². The summed E-state index contributed by atoms with van der Waals surface area (Å²) in [5.41, 5.74) is 4.91. The Morgan fingerprint density at radius 3 is 2.81 bits per heavy atom. The van der Waals surface area contributed by atoms with Crippen molar-refractivity contribution < 1.29 is 14.3 Å². The minimum Gasteiger partial charge on any atom is -0.456 e. The second-order valence-electron chi connectivity index (χ2n) is 5.26. The third-order valence-corrected chi connectivity index (χ3v) is 4.51. The van der Waals surface area contributed by atoms with E-state index in [0.29, 0.717) is 12.3 Å². The van der Waals surface area contributed by atoms with E-state index in [9.17, 15) is 9.59 Å². The number of piperidine rings is 1. The van der Waals surface area contributed by atoms with Crippen molar-refractivity contribution in [3.63, 3.8) is 0 Å². The molecule has 7 heteroatoms. The fourth-order valence-corrected chi connectivity index (χ4v) is 3.24. The van der Waals surface area contributed by atoms with Crippen molar-refractivity contribution >= 4 is 28.3 Å². The zero-order valence-electron chi connectivity index (χ0n) is 12.0. The molecule has 1 aromatic rings. The van der Waals surface area contributed by atoms with E-state index in [-0.39, 0.29) is 12.6 Å². The van der Waals surface area contributed by atoms with Crippen LogP contribution in [0.3, 0.4) is 0 Å². The lowest BCUT2D eigenvalue weighted by Crippen LogP contribution is -2.33. The Kier molecular flexibility index (Phi) is 5.98. The lowest BCUT2D eigenvalue weighted by Gasteiger charge is -2.31. The van der Waals surface area contributed by atoms with Crippen LogP contribution < -0.4 is 10.6 Å². The molecule has 0 bridgehead atoms. The summed E-state index contributed by atoms with van der Waals surface area (Å²) in [6.07, 6.45) is 6.30. The minimum atomic E-state index is -0.613. The van der Waals surface area contributed by atoms with Crippen molar-refractivity contribution in [2.45, 2.75) is 32.1 Å². The number of thiazole rings is 1. The van der Waals surface area contributed by atoms with Gasteiger partial charge in [-0.1, -0.05) is 0 Å². The summed E-state index contributed by atoms with van der Waals surface area (Å²) in [6, 6.07) is 0. The van der Waals surface area contributed by atoms with Crippen molar-refractivity contribution in [3.05, 3.63) is 11.6 Å². The number of rotatable bonds is 7. The molecule has 0 atom stereocenters. The molecule has 1 saturated heterocycles. The molecule has 2 N–H and O–H groups in total. The number of amides is 1. The highest BCUT2D eigenvalue weighted by Gasteiger charge is 2.20. The number of carbonyl (C=O) groups excluding carboxylic acids is 2. The average Bonchev–Trinajstić information content (AvgIpc) is 3.00. The second kappa shape index (κ2) is 7.97. The summed E-state index contributed by atoms with van der Waals surface area (Å²) in [5, 5.41) is 3.10. The van der Waals surface area contributed by atoms with Gasteiger partial charge < -0.3 is 15.4 Å². The Morgan fingerprint density at radius 1 is 1.43 bits per heavy atom. The number of hydrogen-bond donors (Lipinski definition) is 1. The van der Waals surface area contributed by atoms with Crippen LogP contribution >= 0.6 is 11.3 Å². The molecule has 1 aromatic heterocycles. The van der Waals surface area contributed by atoms with Crippen molar-refractivity contribution in [2.24, 2.45) is 11.7 Å². The highest BCUT2D eigenvalue weighted by atomic mass is 32.1. The monoisotopic (exact) mass is 311 g/mol. The molecular weight excluding hydrogens is 290 g/mol. The van der Waals surface area contributed by atoms with Gasteiger partial charge in [0.15, 0.2) is 11.7 Å². The molecule has 1 fully saturated rings. The summed E-state index contributed by atoms with van der Waals surface area (Å²) in [5.74, 6) is -0.294. The first-order chi connectivity index (χ1) is 10.1. The molecule has 0 radical (unpaired) electrons. The first kappa shape index (κ1) is 15.8. The summed E-state index contributed by atoms with van der Waals surface area (Å²) < 4.78 is 4.73. The Hall–Kier alpha value is -1.63. The predicted molar refractivity (Wildman–Crippen MR) is 81.1 cm³/mol. The van der Waals surface area contributed by atoms with Gasteiger partial charge in [0.1, 0.15) is 0 Å². The molecular formula is C14H21N3O3S. The molecule has 2 heterocycles. The Labute approximate surface area is 128 Å². The molecule has 2 rings (SSSR count). The van der Waals surface area contributed by atoms with Gasteiger partial charge in [-0.05, 0) is 31.6 Å². The summed E-state index contributed by atoms with van der Waals surface area (Å²) in [6.45, 7) is 1.75. The van der Waals surface area contributed by atoms with Gasteiger partial charge in [0, 0.05) is 31.1 Å². The fourth-order valence-electron chi connectivity index (χ4n) is 2.54. The molecule has 0 saturated carbocycles. The SMILES string of the molecule is NC(=O)COC(=O)CCCC1CCN(c2nccs2)CC1. The normalized spacial score (nSPS) is 15.9. The van der Waals surface area contributed by atoms with E-state index in [0.717, 1.165) is 43.9 Å². The van der Waals surface area contributed by atoms with E-state index in [1.54, 1.807) is 11.3 Å². The fraction of sp³-hybridized carbons (Fsp3) is 0.643.